The largest absolute Gasteiger partial charge is 0.490 e. The standard InChI is InChI=1S/C17H24N4O7/c1-12-17-14(4-2-5-15(17)28-20-12)26-11-13(22)10-18-7-8-19-16(23)6-3-9-27-21(24)25/h2,4-5,13,18,22H,3,6-11H2,1H3,(H,19,23). The third-order valence-corrected chi connectivity index (χ3v) is 3.81. The molecule has 0 spiro atoms. The lowest BCUT2D eigenvalue weighted by atomic mass is 10.2. The SMILES string of the molecule is Cc1noc2cccc(OCC(O)CNCCNC(=O)CCCO[N+](=O)[O-])c12. The van der Waals surface area contributed by atoms with Crippen LogP contribution in [0.1, 0.15) is 18.5 Å². The molecule has 28 heavy (non-hydrogen) atoms. The minimum absolute atomic E-state index is 0.0968. The first-order chi connectivity index (χ1) is 13.5. The smallest absolute Gasteiger partial charge is 0.294 e. The van der Waals surface area contributed by atoms with Crippen molar-refractivity contribution in [2.75, 3.05) is 32.8 Å². The molecule has 11 nitrogen and oxygen atoms in total. The minimum Gasteiger partial charge on any atom is -0.490 e. The first-order valence-electron chi connectivity index (χ1n) is 8.88. The maximum Gasteiger partial charge on any atom is 0.294 e. The molecule has 0 saturated carbocycles. The summed E-state index contributed by atoms with van der Waals surface area (Å²) in [6, 6.07) is 5.38. The Kier molecular flexibility index (Phi) is 8.43. The maximum atomic E-state index is 11.5. The minimum atomic E-state index is -0.884. The van der Waals surface area contributed by atoms with Crippen LogP contribution in [0.3, 0.4) is 0 Å². The van der Waals surface area contributed by atoms with Gasteiger partial charge in [-0.25, -0.2) is 0 Å². The Morgan fingerprint density at radius 3 is 3.04 bits per heavy atom. The summed E-state index contributed by atoms with van der Waals surface area (Å²) >= 11 is 0. The van der Waals surface area contributed by atoms with Gasteiger partial charge in [0, 0.05) is 26.1 Å². The van der Waals surface area contributed by atoms with Gasteiger partial charge in [-0.3, -0.25) is 4.79 Å². The van der Waals surface area contributed by atoms with E-state index in [-0.39, 0.29) is 32.0 Å². The number of carbonyl (C=O) groups excluding carboxylic acids is 1. The van der Waals surface area contributed by atoms with Crippen LogP contribution in [0.15, 0.2) is 22.7 Å². The molecule has 3 N–H and O–H groups in total. The number of aliphatic hydroxyl groups is 1. The number of aromatic nitrogens is 1. The molecular formula is C17H24N4O7. The summed E-state index contributed by atoms with van der Waals surface area (Å²) in [5.41, 5.74) is 1.35. The van der Waals surface area contributed by atoms with Crippen molar-refractivity contribution in [3.63, 3.8) is 0 Å². The topological polar surface area (TPSA) is 149 Å². The summed E-state index contributed by atoms with van der Waals surface area (Å²) in [4.78, 5) is 25.6. The van der Waals surface area contributed by atoms with Crippen LogP contribution in [0.5, 0.6) is 5.75 Å². The number of amides is 1. The molecule has 0 aliphatic rings. The van der Waals surface area contributed by atoms with Gasteiger partial charge in [0.25, 0.3) is 5.09 Å². The van der Waals surface area contributed by atoms with Crippen molar-refractivity contribution < 1.29 is 29.1 Å². The summed E-state index contributed by atoms with van der Waals surface area (Å²) in [6.07, 6.45) is -0.308. The van der Waals surface area contributed by atoms with E-state index < -0.39 is 11.2 Å². The molecule has 2 aromatic rings. The van der Waals surface area contributed by atoms with Gasteiger partial charge in [0.1, 0.15) is 18.5 Å². The van der Waals surface area contributed by atoms with Crippen LogP contribution in [-0.2, 0) is 9.63 Å². The fraction of sp³-hybridized carbons (Fsp3) is 0.529. The van der Waals surface area contributed by atoms with Crippen molar-refractivity contribution in [1.82, 2.24) is 15.8 Å². The highest BCUT2D eigenvalue weighted by Gasteiger charge is 2.12. The van der Waals surface area contributed by atoms with Crippen LogP contribution in [0.2, 0.25) is 0 Å². The summed E-state index contributed by atoms with van der Waals surface area (Å²) < 4.78 is 10.8. The van der Waals surface area contributed by atoms with E-state index in [0.717, 1.165) is 11.1 Å². The number of nitrogens with zero attached hydrogens (tertiary/aromatic N) is 2. The second-order valence-corrected chi connectivity index (χ2v) is 6.08. The van der Waals surface area contributed by atoms with E-state index in [4.69, 9.17) is 9.26 Å². The molecule has 0 aliphatic heterocycles. The zero-order chi connectivity index (χ0) is 20.4. The zero-order valence-corrected chi connectivity index (χ0v) is 15.6. The predicted molar refractivity (Wildman–Crippen MR) is 98.3 cm³/mol. The van der Waals surface area contributed by atoms with Crippen LogP contribution < -0.4 is 15.4 Å². The van der Waals surface area contributed by atoms with Crippen LogP contribution in [-0.4, -0.2) is 60.2 Å². The average Bonchev–Trinajstić information content (AvgIpc) is 3.05. The van der Waals surface area contributed by atoms with E-state index in [9.17, 15) is 20.0 Å². The van der Waals surface area contributed by atoms with Crippen LogP contribution >= 0.6 is 0 Å². The molecule has 1 atom stereocenters. The highest BCUT2D eigenvalue weighted by Crippen LogP contribution is 2.28. The summed E-state index contributed by atoms with van der Waals surface area (Å²) in [7, 11) is 0. The van der Waals surface area contributed by atoms with Crippen LogP contribution in [0.4, 0.5) is 0 Å². The van der Waals surface area contributed by atoms with Crippen molar-refractivity contribution in [1.29, 1.82) is 0 Å². The number of aliphatic hydroxyl groups excluding tert-OH is 1. The number of fused-ring (bicyclic) bond motifs is 1. The van der Waals surface area contributed by atoms with E-state index >= 15 is 0 Å². The molecule has 1 aromatic carbocycles. The molecule has 0 aliphatic carbocycles. The molecule has 0 fully saturated rings. The Labute approximate surface area is 161 Å². The lowest BCUT2D eigenvalue weighted by molar-refractivity contribution is -0.757. The van der Waals surface area contributed by atoms with Gasteiger partial charge in [-0.2, -0.15) is 0 Å². The van der Waals surface area contributed by atoms with Gasteiger partial charge < -0.3 is 29.8 Å². The molecule has 11 heteroatoms. The Morgan fingerprint density at radius 1 is 1.43 bits per heavy atom. The molecule has 1 aromatic heterocycles. The number of carbonyl (C=O) groups is 1. The number of hydrogen-bond acceptors (Lipinski definition) is 9. The zero-order valence-electron chi connectivity index (χ0n) is 15.6. The Bertz CT molecular complexity index is 780. The lowest BCUT2D eigenvalue weighted by Crippen LogP contribution is -2.37. The Balaban J connectivity index is 1.56. The number of rotatable bonds is 13. The third-order valence-electron chi connectivity index (χ3n) is 3.81. The highest BCUT2D eigenvalue weighted by atomic mass is 16.9. The molecule has 1 unspecified atom stereocenters. The molecule has 1 heterocycles. The van der Waals surface area contributed by atoms with E-state index in [1.165, 1.54) is 0 Å². The second kappa shape index (κ2) is 11.0. The fourth-order valence-corrected chi connectivity index (χ4v) is 2.49. The first-order valence-corrected chi connectivity index (χ1v) is 8.88. The molecule has 0 radical (unpaired) electrons. The molecule has 0 bridgehead atoms. The predicted octanol–water partition coefficient (Wildman–Crippen LogP) is 0.570. The van der Waals surface area contributed by atoms with Crippen LogP contribution in [0.25, 0.3) is 11.0 Å². The lowest BCUT2D eigenvalue weighted by Gasteiger charge is -2.14. The molecule has 154 valence electrons. The van der Waals surface area contributed by atoms with Gasteiger partial charge in [-0.1, -0.05) is 11.2 Å². The van der Waals surface area contributed by atoms with E-state index in [2.05, 4.69) is 20.6 Å². The summed E-state index contributed by atoms with van der Waals surface area (Å²) in [5, 5.41) is 29.5. The normalized spacial score (nSPS) is 11.9. The monoisotopic (exact) mass is 396 g/mol. The number of benzene rings is 1. The van der Waals surface area contributed by atoms with Crippen molar-refractivity contribution in [3.05, 3.63) is 34.0 Å². The molecule has 1 amide bonds. The van der Waals surface area contributed by atoms with Gasteiger partial charge in [0.15, 0.2) is 5.58 Å². The quantitative estimate of drug-likeness (QED) is 0.251. The van der Waals surface area contributed by atoms with Crippen LogP contribution in [0, 0.1) is 17.0 Å². The number of hydrogen-bond donors (Lipinski definition) is 3. The fourth-order valence-electron chi connectivity index (χ4n) is 2.49. The van der Waals surface area contributed by atoms with Crippen molar-refractivity contribution >= 4 is 16.9 Å². The first kappa shape index (κ1) is 21.4. The van der Waals surface area contributed by atoms with Gasteiger partial charge >= 0.3 is 0 Å². The summed E-state index contributed by atoms with van der Waals surface area (Å²) in [6.45, 7) is 2.95. The van der Waals surface area contributed by atoms with Crippen molar-refractivity contribution in [2.45, 2.75) is 25.9 Å². The number of nitrogens with one attached hydrogen (secondary N) is 2. The molecule has 0 saturated heterocycles. The Hall–Kier alpha value is -2.92. The molecular weight excluding hydrogens is 372 g/mol. The number of ether oxygens (including phenoxy) is 1. The highest BCUT2D eigenvalue weighted by molar-refractivity contribution is 5.85. The number of aryl methyl sites for hydroxylation is 1. The summed E-state index contributed by atoms with van der Waals surface area (Å²) in [5.74, 6) is 0.387. The Morgan fingerprint density at radius 2 is 2.25 bits per heavy atom. The maximum absolute atomic E-state index is 11.5. The van der Waals surface area contributed by atoms with E-state index in [1.54, 1.807) is 18.2 Å². The van der Waals surface area contributed by atoms with Gasteiger partial charge in [0.2, 0.25) is 5.91 Å². The average molecular weight is 396 g/mol. The van der Waals surface area contributed by atoms with Gasteiger partial charge in [-0.15, -0.1) is 10.1 Å². The third kappa shape index (κ3) is 7.00. The second-order valence-electron chi connectivity index (χ2n) is 6.08. The van der Waals surface area contributed by atoms with Gasteiger partial charge in [0.05, 0.1) is 17.7 Å². The van der Waals surface area contributed by atoms with E-state index in [0.29, 0.717) is 31.0 Å². The molecule has 2 rings (SSSR count). The van der Waals surface area contributed by atoms with Crippen molar-refractivity contribution in [2.24, 2.45) is 0 Å². The van der Waals surface area contributed by atoms with Gasteiger partial charge in [-0.05, 0) is 25.5 Å². The van der Waals surface area contributed by atoms with Crippen molar-refractivity contribution in [3.8, 4) is 5.75 Å². The van der Waals surface area contributed by atoms with E-state index in [1.807, 2.05) is 6.92 Å².